The molecule has 1 N–H and O–H groups in total. The first-order valence-corrected chi connectivity index (χ1v) is 6.92. The number of aliphatic hydroxyl groups is 1. The van der Waals surface area contributed by atoms with Crippen LogP contribution in [0.4, 0.5) is 0 Å². The zero-order valence-electron chi connectivity index (χ0n) is 12.4. The molecule has 0 radical (unpaired) electrons. The molecule has 22 heavy (non-hydrogen) atoms. The van der Waals surface area contributed by atoms with Crippen LogP contribution in [0.5, 0.6) is 5.75 Å². The minimum absolute atomic E-state index is 0.444. The Balaban J connectivity index is 2.21. The maximum atomic E-state index is 11.9. The highest BCUT2D eigenvalue weighted by Crippen LogP contribution is 2.39. The van der Waals surface area contributed by atoms with Crippen LogP contribution >= 0.6 is 0 Å². The molecule has 2 aromatic rings. The number of ether oxygens (including phenoxy) is 2. The van der Waals surface area contributed by atoms with Crippen molar-refractivity contribution in [3.63, 3.8) is 0 Å². The molecular weight excluding hydrogens is 280 g/mol. The fraction of sp³-hybridized carbons (Fsp3) is 0.167. The first-order valence-electron chi connectivity index (χ1n) is 6.92. The molecule has 0 bridgehead atoms. The summed E-state index contributed by atoms with van der Waals surface area (Å²) in [4.78, 5) is 11.9. The van der Waals surface area contributed by atoms with Crippen molar-refractivity contribution in [3.05, 3.63) is 71.3 Å². The van der Waals surface area contributed by atoms with Crippen molar-refractivity contribution in [1.82, 2.24) is 0 Å². The average Bonchev–Trinajstić information content (AvgIpc) is 2.54. The molecule has 2 aromatic carbocycles. The fourth-order valence-corrected chi connectivity index (χ4v) is 2.52. The first kappa shape index (κ1) is 14.4. The third kappa shape index (κ3) is 2.38. The molecule has 1 heterocycles. The normalized spacial score (nSPS) is 19.7. The van der Waals surface area contributed by atoms with Gasteiger partial charge in [-0.3, -0.25) is 0 Å². The Morgan fingerprint density at radius 2 is 1.91 bits per heavy atom. The smallest absolute Gasteiger partial charge is 0.383 e. The number of carbonyl (C=O) groups is 1. The van der Waals surface area contributed by atoms with E-state index < -0.39 is 11.8 Å². The van der Waals surface area contributed by atoms with Crippen molar-refractivity contribution >= 4 is 11.5 Å². The molecule has 4 nitrogen and oxygen atoms in total. The SMILES string of the molecule is COC(=O)C1(O)C=C(c2ccccc2)c2cc(C)ccc2O1. The predicted octanol–water partition coefficient (Wildman–Crippen LogP) is 2.68. The number of hydrogen-bond donors (Lipinski definition) is 1. The number of benzene rings is 2. The number of fused-ring (bicyclic) bond motifs is 1. The second kappa shape index (κ2) is 5.31. The van der Waals surface area contributed by atoms with Crippen LogP contribution in [0.25, 0.3) is 5.57 Å². The summed E-state index contributed by atoms with van der Waals surface area (Å²) in [7, 11) is 1.21. The molecular formula is C18H16O4. The highest BCUT2D eigenvalue weighted by atomic mass is 16.7. The molecule has 0 aliphatic carbocycles. The van der Waals surface area contributed by atoms with E-state index in [9.17, 15) is 9.90 Å². The van der Waals surface area contributed by atoms with Crippen LogP contribution in [-0.4, -0.2) is 24.0 Å². The Hall–Kier alpha value is -2.59. The van der Waals surface area contributed by atoms with E-state index in [2.05, 4.69) is 4.74 Å². The van der Waals surface area contributed by atoms with Gasteiger partial charge in [-0.1, -0.05) is 42.0 Å². The lowest BCUT2D eigenvalue weighted by molar-refractivity contribution is -0.183. The minimum Gasteiger partial charge on any atom is -0.464 e. The van der Waals surface area contributed by atoms with Gasteiger partial charge in [-0.05, 0) is 30.2 Å². The molecule has 0 saturated carbocycles. The van der Waals surface area contributed by atoms with Gasteiger partial charge in [0.2, 0.25) is 0 Å². The zero-order valence-corrected chi connectivity index (χ0v) is 12.4. The molecule has 0 fully saturated rings. The van der Waals surface area contributed by atoms with Crippen LogP contribution in [0.2, 0.25) is 0 Å². The maximum absolute atomic E-state index is 11.9. The summed E-state index contributed by atoms with van der Waals surface area (Å²) in [5.41, 5.74) is 3.52. The van der Waals surface area contributed by atoms with Gasteiger partial charge >= 0.3 is 11.8 Å². The van der Waals surface area contributed by atoms with Gasteiger partial charge in [0.05, 0.1) is 7.11 Å². The van der Waals surface area contributed by atoms with Crippen LogP contribution in [0.1, 0.15) is 16.7 Å². The van der Waals surface area contributed by atoms with Gasteiger partial charge < -0.3 is 14.6 Å². The predicted molar refractivity (Wildman–Crippen MR) is 82.3 cm³/mol. The van der Waals surface area contributed by atoms with Crippen LogP contribution in [0, 0.1) is 6.92 Å². The van der Waals surface area contributed by atoms with Crippen molar-refractivity contribution in [1.29, 1.82) is 0 Å². The average molecular weight is 296 g/mol. The molecule has 1 aliphatic heterocycles. The lowest BCUT2D eigenvalue weighted by Gasteiger charge is -2.30. The minimum atomic E-state index is -2.12. The summed E-state index contributed by atoms with van der Waals surface area (Å²) in [6.45, 7) is 1.98. The van der Waals surface area contributed by atoms with E-state index in [1.165, 1.54) is 13.2 Å². The van der Waals surface area contributed by atoms with Gasteiger partial charge in [0.25, 0.3) is 0 Å². The molecule has 1 unspecified atom stereocenters. The van der Waals surface area contributed by atoms with E-state index >= 15 is 0 Å². The Bertz CT molecular complexity index is 749. The second-order valence-corrected chi connectivity index (χ2v) is 5.21. The van der Waals surface area contributed by atoms with E-state index in [4.69, 9.17) is 4.74 Å². The van der Waals surface area contributed by atoms with Crippen molar-refractivity contribution in [2.75, 3.05) is 7.11 Å². The highest BCUT2D eigenvalue weighted by Gasteiger charge is 2.42. The second-order valence-electron chi connectivity index (χ2n) is 5.21. The summed E-state index contributed by atoms with van der Waals surface area (Å²) in [6, 6.07) is 15.1. The monoisotopic (exact) mass is 296 g/mol. The fourth-order valence-electron chi connectivity index (χ4n) is 2.52. The van der Waals surface area contributed by atoms with Gasteiger partial charge in [-0.15, -0.1) is 0 Å². The van der Waals surface area contributed by atoms with Crippen LogP contribution < -0.4 is 4.74 Å². The largest absolute Gasteiger partial charge is 0.464 e. The topological polar surface area (TPSA) is 55.8 Å². The Morgan fingerprint density at radius 3 is 2.59 bits per heavy atom. The molecule has 0 saturated heterocycles. The molecule has 4 heteroatoms. The van der Waals surface area contributed by atoms with E-state index in [0.29, 0.717) is 5.75 Å². The van der Waals surface area contributed by atoms with Crippen LogP contribution in [0.15, 0.2) is 54.6 Å². The molecule has 112 valence electrons. The highest BCUT2D eigenvalue weighted by molar-refractivity contribution is 5.91. The quantitative estimate of drug-likeness (QED) is 0.866. The van der Waals surface area contributed by atoms with Crippen LogP contribution in [-0.2, 0) is 9.53 Å². The number of methoxy groups -OCH3 is 1. The third-order valence-electron chi connectivity index (χ3n) is 3.59. The van der Waals surface area contributed by atoms with Crippen molar-refractivity contribution < 1.29 is 19.4 Å². The van der Waals surface area contributed by atoms with Gasteiger partial charge in [-0.25, -0.2) is 4.79 Å². The summed E-state index contributed by atoms with van der Waals surface area (Å²) < 4.78 is 10.1. The number of esters is 1. The molecule has 1 atom stereocenters. The molecule has 0 aromatic heterocycles. The number of rotatable bonds is 2. The van der Waals surface area contributed by atoms with Gasteiger partial charge in [0, 0.05) is 11.6 Å². The number of aryl methyl sites for hydroxylation is 1. The van der Waals surface area contributed by atoms with Gasteiger partial charge in [0.15, 0.2) is 0 Å². The van der Waals surface area contributed by atoms with Crippen molar-refractivity contribution in [3.8, 4) is 5.75 Å². The molecule has 3 rings (SSSR count). The van der Waals surface area contributed by atoms with Crippen LogP contribution in [0.3, 0.4) is 0 Å². The number of carbonyl (C=O) groups excluding carboxylic acids is 1. The van der Waals surface area contributed by atoms with Gasteiger partial charge in [-0.2, -0.15) is 0 Å². The molecule has 1 aliphatic rings. The first-order chi connectivity index (χ1) is 10.5. The Kier molecular flexibility index (Phi) is 3.47. The summed E-state index contributed by atoms with van der Waals surface area (Å²) in [5, 5.41) is 10.5. The summed E-state index contributed by atoms with van der Waals surface area (Å²) in [6.07, 6.45) is 1.40. The van der Waals surface area contributed by atoms with E-state index in [1.807, 2.05) is 49.4 Å². The summed E-state index contributed by atoms with van der Waals surface area (Å²) >= 11 is 0. The standard InChI is InChI=1S/C18H16O4/c1-12-8-9-16-14(10-12)15(13-6-4-3-5-7-13)11-18(20,22-16)17(19)21-2/h3-11,20H,1-2H3. The molecule has 0 amide bonds. The van der Waals surface area contributed by atoms with Gasteiger partial charge in [0.1, 0.15) is 5.75 Å². The van der Waals surface area contributed by atoms with E-state index in [0.717, 1.165) is 22.3 Å². The summed E-state index contributed by atoms with van der Waals surface area (Å²) in [5.74, 6) is -2.53. The third-order valence-corrected chi connectivity index (χ3v) is 3.59. The zero-order chi connectivity index (χ0) is 15.7. The van der Waals surface area contributed by atoms with E-state index in [-0.39, 0.29) is 0 Å². The Labute approximate surface area is 128 Å². The number of hydrogen-bond acceptors (Lipinski definition) is 4. The van der Waals surface area contributed by atoms with Crippen molar-refractivity contribution in [2.24, 2.45) is 0 Å². The lowest BCUT2D eigenvalue weighted by atomic mass is 9.91. The lowest BCUT2D eigenvalue weighted by Crippen LogP contribution is -2.45. The molecule has 0 spiro atoms. The Morgan fingerprint density at radius 1 is 1.18 bits per heavy atom. The van der Waals surface area contributed by atoms with Crippen molar-refractivity contribution in [2.45, 2.75) is 12.7 Å². The maximum Gasteiger partial charge on any atom is 0.383 e. The van der Waals surface area contributed by atoms with E-state index in [1.54, 1.807) is 6.07 Å².